The van der Waals surface area contributed by atoms with Crippen LogP contribution in [-0.2, 0) is 6.54 Å². The maximum atomic E-state index is 5.74. The van der Waals surface area contributed by atoms with Crippen molar-refractivity contribution in [2.24, 2.45) is 0 Å². The maximum Gasteiger partial charge on any atom is 0.213 e. The largest absolute Gasteiger partial charge is 0.444 e. The molecular formula is C10H11ClN4O. The lowest BCUT2D eigenvalue weighted by atomic mass is 10.4. The van der Waals surface area contributed by atoms with Crippen LogP contribution in [0.2, 0.25) is 5.02 Å². The highest BCUT2D eigenvalue weighted by molar-refractivity contribution is 6.30. The third kappa shape index (κ3) is 2.43. The first-order chi connectivity index (χ1) is 7.65. The number of nitrogens with one attached hydrogen (secondary N) is 1. The Balaban J connectivity index is 2.04. The molecule has 5 nitrogen and oxygen atoms in total. The van der Waals surface area contributed by atoms with Gasteiger partial charge in [-0.05, 0) is 13.0 Å². The minimum atomic E-state index is 0.437. The van der Waals surface area contributed by atoms with Crippen LogP contribution in [0.5, 0.6) is 0 Å². The van der Waals surface area contributed by atoms with Gasteiger partial charge in [-0.3, -0.25) is 0 Å². The van der Waals surface area contributed by atoms with Gasteiger partial charge < -0.3 is 15.5 Å². The van der Waals surface area contributed by atoms with Crippen molar-refractivity contribution in [3.05, 3.63) is 35.1 Å². The van der Waals surface area contributed by atoms with Gasteiger partial charge in [0.05, 0.1) is 23.5 Å². The third-order valence-corrected chi connectivity index (χ3v) is 2.17. The number of nitrogens with zero attached hydrogens (tertiary/aromatic N) is 2. The first-order valence-electron chi connectivity index (χ1n) is 4.71. The predicted molar refractivity (Wildman–Crippen MR) is 62.2 cm³/mol. The van der Waals surface area contributed by atoms with Crippen molar-refractivity contribution < 1.29 is 4.42 Å². The van der Waals surface area contributed by atoms with Gasteiger partial charge in [0.15, 0.2) is 0 Å². The van der Waals surface area contributed by atoms with E-state index in [-0.39, 0.29) is 0 Å². The fraction of sp³-hybridized carbons (Fsp3) is 0.200. The van der Waals surface area contributed by atoms with Gasteiger partial charge in [0.1, 0.15) is 11.6 Å². The summed E-state index contributed by atoms with van der Waals surface area (Å²) in [6.45, 7) is 2.28. The summed E-state index contributed by atoms with van der Waals surface area (Å²) >= 11 is 5.74. The van der Waals surface area contributed by atoms with E-state index in [1.165, 1.54) is 6.20 Å². The van der Waals surface area contributed by atoms with E-state index in [2.05, 4.69) is 15.3 Å². The number of halogens is 1. The molecule has 0 unspecified atom stereocenters. The van der Waals surface area contributed by atoms with E-state index in [0.717, 1.165) is 5.76 Å². The lowest BCUT2D eigenvalue weighted by Crippen LogP contribution is -2.04. The van der Waals surface area contributed by atoms with Gasteiger partial charge in [0, 0.05) is 6.20 Å². The van der Waals surface area contributed by atoms with Gasteiger partial charge >= 0.3 is 0 Å². The smallest absolute Gasteiger partial charge is 0.213 e. The minimum Gasteiger partial charge on any atom is -0.444 e. The van der Waals surface area contributed by atoms with E-state index in [0.29, 0.717) is 29.0 Å². The van der Waals surface area contributed by atoms with Crippen LogP contribution in [0.4, 0.5) is 11.5 Å². The van der Waals surface area contributed by atoms with E-state index < -0.39 is 0 Å². The molecule has 0 aliphatic heterocycles. The van der Waals surface area contributed by atoms with Crippen molar-refractivity contribution in [2.45, 2.75) is 13.5 Å². The molecule has 2 aromatic rings. The molecule has 0 aliphatic rings. The van der Waals surface area contributed by atoms with Crippen LogP contribution in [0.25, 0.3) is 0 Å². The Bertz CT molecular complexity index is 497. The molecule has 2 rings (SSSR count). The number of hydrogen-bond donors (Lipinski definition) is 2. The molecule has 0 radical (unpaired) electrons. The summed E-state index contributed by atoms with van der Waals surface area (Å²) in [6, 6.07) is 1.64. The zero-order valence-electron chi connectivity index (χ0n) is 8.70. The van der Waals surface area contributed by atoms with Gasteiger partial charge in [0.25, 0.3) is 0 Å². The summed E-state index contributed by atoms with van der Waals surface area (Å²) in [7, 11) is 0. The van der Waals surface area contributed by atoms with Gasteiger partial charge in [-0.1, -0.05) is 11.6 Å². The van der Waals surface area contributed by atoms with E-state index in [1.807, 2.05) is 6.92 Å². The van der Waals surface area contributed by atoms with E-state index >= 15 is 0 Å². The molecule has 0 aromatic carbocycles. The van der Waals surface area contributed by atoms with E-state index in [9.17, 15) is 0 Å². The van der Waals surface area contributed by atoms with E-state index in [1.54, 1.807) is 12.3 Å². The first kappa shape index (κ1) is 10.8. The van der Waals surface area contributed by atoms with Crippen molar-refractivity contribution in [2.75, 3.05) is 11.1 Å². The topological polar surface area (TPSA) is 77.0 Å². The molecule has 0 atom stereocenters. The molecule has 0 bridgehead atoms. The molecule has 6 heteroatoms. The maximum absolute atomic E-state index is 5.74. The Morgan fingerprint density at radius 3 is 2.88 bits per heavy atom. The number of rotatable bonds is 3. The number of nitrogens with two attached hydrogens (primary N) is 1. The number of pyridine rings is 1. The molecule has 0 saturated carbocycles. The summed E-state index contributed by atoms with van der Waals surface area (Å²) in [5.41, 5.74) is 6.23. The first-order valence-corrected chi connectivity index (χ1v) is 5.09. The van der Waals surface area contributed by atoms with Gasteiger partial charge in [-0.2, -0.15) is 0 Å². The Labute approximate surface area is 97.6 Å². The number of nitrogen functional groups attached to an aromatic ring is 1. The molecule has 3 N–H and O–H groups in total. The highest BCUT2D eigenvalue weighted by atomic mass is 35.5. The van der Waals surface area contributed by atoms with Crippen LogP contribution in [0, 0.1) is 6.92 Å². The molecule has 84 valence electrons. The third-order valence-electron chi connectivity index (χ3n) is 1.96. The van der Waals surface area contributed by atoms with Crippen LogP contribution < -0.4 is 11.1 Å². The zero-order valence-corrected chi connectivity index (χ0v) is 9.45. The summed E-state index contributed by atoms with van der Waals surface area (Å²) < 4.78 is 5.30. The molecular weight excluding hydrogens is 228 g/mol. The van der Waals surface area contributed by atoms with Gasteiger partial charge in [-0.25, -0.2) is 9.97 Å². The van der Waals surface area contributed by atoms with Crippen LogP contribution in [-0.4, -0.2) is 9.97 Å². The van der Waals surface area contributed by atoms with Crippen LogP contribution in [0.15, 0.2) is 22.9 Å². The fourth-order valence-electron chi connectivity index (χ4n) is 1.25. The number of aromatic nitrogens is 2. The van der Waals surface area contributed by atoms with Crippen LogP contribution >= 0.6 is 11.6 Å². The number of anilines is 2. The summed E-state index contributed by atoms with van der Waals surface area (Å²) in [5.74, 6) is 1.93. The summed E-state index contributed by atoms with van der Waals surface area (Å²) in [4.78, 5) is 8.12. The lowest BCUT2D eigenvalue weighted by Gasteiger charge is -2.05. The Kier molecular flexibility index (Phi) is 2.96. The standard InChI is InChI=1S/C10H11ClN4O/c1-6-3-13-9(16-6)5-15-10-8(12)2-7(11)4-14-10/h2-4H,5,12H2,1H3,(H,14,15). The molecule has 16 heavy (non-hydrogen) atoms. The Morgan fingerprint density at radius 1 is 1.44 bits per heavy atom. The molecule has 0 fully saturated rings. The molecule has 0 saturated heterocycles. The number of oxazole rings is 1. The van der Waals surface area contributed by atoms with Gasteiger partial charge in [0.2, 0.25) is 5.89 Å². The second kappa shape index (κ2) is 4.40. The number of hydrogen-bond acceptors (Lipinski definition) is 5. The minimum absolute atomic E-state index is 0.437. The van der Waals surface area contributed by atoms with E-state index in [4.69, 9.17) is 21.8 Å². The quantitative estimate of drug-likeness (QED) is 0.858. The van der Waals surface area contributed by atoms with Crippen molar-refractivity contribution >= 4 is 23.1 Å². The Hall–Kier alpha value is -1.75. The average molecular weight is 239 g/mol. The second-order valence-electron chi connectivity index (χ2n) is 3.31. The van der Waals surface area contributed by atoms with Gasteiger partial charge in [-0.15, -0.1) is 0 Å². The van der Waals surface area contributed by atoms with Crippen molar-refractivity contribution in [3.63, 3.8) is 0 Å². The zero-order chi connectivity index (χ0) is 11.5. The summed E-state index contributed by atoms with van der Waals surface area (Å²) in [6.07, 6.45) is 3.19. The predicted octanol–water partition coefficient (Wildman–Crippen LogP) is 2.23. The van der Waals surface area contributed by atoms with Crippen molar-refractivity contribution in [1.82, 2.24) is 9.97 Å². The molecule has 2 aromatic heterocycles. The van der Waals surface area contributed by atoms with Crippen LogP contribution in [0.1, 0.15) is 11.7 Å². The Morgan fingerprint density at radius 2 is 2.25 bits per heavy atom. The average Bonchev–Trinajstić information content (AvgIpc) is 2.63. The SMILES string of the molecule is Cc1cnc(CNc2ncc(Cl)cc2N)o1. The fourth-order valence-corrected chi connectivity index (χ4v) is 1.41. The molecule has 0 amide bonds. The summed E-state index contributed by atoms with van der Waals surface area (Å²) in [5, 5.41) is 3.53. The normalized spacial score (nSPS) is 10.4. The second-order valence-corrected chi connectivity index (χ2v) is 3.75. The highest BCUT2D eigenvalue weighted by Gasteiger charge is 2.04. The van der Waals surface area contributed by atoms with Crippen molar-refractivity contribution in [1.29, 1.82) is 0 Å². The lowest BCUT2D eigenvalue weighted by molar-refractivity contribution is 0.479. The van der Waals surface area contributed by atoms with Crippen LogP contribution in [0.3, 0.4) is 0 Å². The molecule has 0 spiro atoms. The monoisotopic (exact) mass is 238 g/mol. The molecule has 0 aliphatic carbocycles. The molecule has 2 heterocycles. The number of aryl methyl sites for hydroxylation is 1. The highest BCUT2D eigenvalue weighted by Crippen LogP contribution is 2.19. The van der Waals surface area contributed by atoms with Crippen molar-refractivity contribution in [3.8, 4) is 0 Å².